The maximum atomic E-state index is 12.9. The second-order valence-corrected chi connectivity index (χ2v) is 15.2. The summed E-state index contributed by atoms with van der Waals surface area (Å²) in [4.78, 5) is 12.9. The first-order valence-corrected chi connectivity index (χ1v) is 14.4. The summed E-state index contributed by atoms with van der Waals surface area (Å²) in [5.74, 6) is 0.982. The van der Waals surface area contributed by atoms with Gasteiger partial charge in [0.1, 0.15) is 11.9 Å². The number of aliphatic hydroxyl groups is 5. The van der Waals surface area contributed by atoms with Crippen molar-refractivity contribution in [2.45, 2.75) is 123 Å². The maximum absolute atomic E-state index is 12.9. The predicted octanol–water partition coefficient (Wildman–Crippen LogP) is 3.46. The first-order valence-electron chi connectivity index (χ1n) is 14.4. The summed E-state index contributed by atoms with van der Waals surface area (Å²) in [6.45, 7) is 11.9. The van der Waals surface area contributed by atoms with Crippen molar-refractivity contribution in [2.75, 3.05) is 6.61 Å². The Hall–Kier alpha value is -0.530. The van der Waals surface area contributed by atoms with E-state index in [1.54, 1.807) is 0 Å². The number of aliphatic hydroxyl groups excluding tert-OH is 4. The van der Waals surface area contributed by atoms with Gasteiger partial charge in [0, 0.05) is 6.42 Å². The monoisotopic (exact) mass is 506 g/mol. The summed E-state index contributed by atoms with van der Waals surface area (Å²) in [6, 6.07) is 0. The molecular formula is C30H50O6. The van der Waals surface area contributed by atoms with Crippen molar-refractivity contribution in [2.24, 2.45) is 50.7 Å². The van der Waals surface area contributed by atoms with Gasteiger partial charge in [-0.05, 0) is 111 Å². The smallest absolute Gasteiger partial charge is 0.141 e. The zero-order valence-electron chi connectivity index (χ0n) is 23.3. The molecule has 12 atom stereocenters. The van der Waals surface area contributed by atoms with Gasteiger partial charge >= 0.3 is 0 Å². The third-order valence-corrected chi connectivity index (χ3v) is 13.4. The van der Waals surface area contributed by atoms with E-state index in [1.807, 2.05) is 6.92 Å². The lowest BCUT2D eigenvalue weighted by atomic mass is 9.41. The Morgan fingerprint density at radius 1 is 1.03 bits per heavy atom. The summed E-state index contributed by atoms with van der Waals surface area (Å²) < 4.78 is 0. The fraction of sp³-hybridized carbons (Fsp3) is 0.967. The molecule has 0 radical (unpaired) electrons. The van der Waals surface area contributed by atoms with Gasteiger partial charge in [0.2, 0.25) is 0 Å². The van der Waals surface area contributed by atoms with Crippen molar-refractivity contribution < 1.29 is 30.3 Å². The van der Waals surface area contributed by atoms with E-state index in [4.69, 9.17) is 0 Å². The zero-order valence-corrected chi connectivity index (χ0v) is 23.3. The lowest BCUT2D eigenvalue weighted by Crippen LogP contribution is -2.62. The topological polar surface area (TPSA) is 118 Å². The zero-order chi connectivity index (χ0) is 26.7. The van der Waals surface area contributed by atoms with Gasteiger partial charge in [-0.15, -0.1) is 0 Å². The molecule has 0 amide bonds. The van der Waals surface area contributed by atoms with Gasteiger partial charge in [0.25, 0.3) is 0 Å². The molecule has 5 fully saturated rings. The highest BCUT2D eigenvalue weighted by Crippen LogP contribution is 2.88. The first-order chi connectivity index (χ1) is 16.5. The molecule has 206 valence electrons. The Morgan fingerprint density at radius 2 is 1.69 bits per heavy atom. The molecule has 0 aromatic heterocycles. The molecule has 0 unspecified atom stereocenters. The molecule has 5 N–H and O–H groups in total. The fourth-order valence-electron chi connectivity index (χ4n) is 11.3. The number of hydrogen-bond donors (Lipinski definition) is 5. The van der Waals surface area contributed by atoms with E-state index in [0.29, 0.717) is 25.2 Å². The summed E-state index contributed by atoms with van der Waals surface area (Å²) in [7, 11) is 0. The number of carbonyl (C=O) groups is 1. The SMILES string of the molecule is C[C@H](C[C@H](O)[C@@H](O)C(C)(C)O)[C@H]1CC[C@@]2(C)[C@@H]3[C@@H](O)C[C@@H]4[C@@]5(CCC(=O)[C@@]4(C)CO)C[C@@]35CC[C@]12C. The molecule has 2 spiro atoms. The van der Waals surface area contributed by atoms with Gasteiger partial charge < -0.3 is 25.5 Å². The Morgan fingerprint density at radius 3 is 2.31 bits per heavy atom. The van der Waals surface area contributed by atoms with Crippen LogP contribution < -0.4 is 0 Å². The van der Waals surface area contributed by atoms with E-state index in [2.05, 4.69) is 20.8 Å². The minimum absolute atomic E-state index is 0.0180. The molecule has 5 saturated carbocycles. The molecule has 6 nitrogen and oxygen atoms in total. The average molecular weight is 507 g/mol. The summed E-state index contributed by atoms with van der Waals surface area (Å²) >= 11 is 0. The number of ketones is 1. The third kappa shape index (κ3) is 3.17. The Bertz CT molecular complexity index is 914. The Kier molecular flexibility index (Phi) is 6.01. The summed E-state index contributed by atoms with van der Waals surface area (Å²) in [5, 5.41) is 53.5. The van der Waals surface area contributed by atoms with E-state index >= 15 is 0 Å². The molecule has 6 heteroatoms. The fourth-order valence-corrected chi connectivity index (χ4v) is 11.3. The first kappa shape index (κ1) is 27.1. The van der Waals surface area contributed by atoms with Crippen LogP contribution in [0.2, 0.25) is 0 Å². The molecule has 36 heavy (non-hydrogen) atoms. The van der Waals surface area contributed by atoms with E-state index in [9.17, 15) is 30.3 Å². The standard InChI is InChI=1S/C30H50O6/c1-17(13-20(33)24(35)25(2,3)36)18-7-9-28(6)23-19(32)14-21-26(4,16-31)22(34)8-10-29(21)15-30(23,29)12-11-27(18,28)5/h17-21,23-24,31-33,35-36H,7-16H2,1-6H3/t17-,18-,19+,20+,21+,23+,24-,26+,27-,28+,29-,30+/m1/s1. The van der Waals surface area contributed by atoms with Crippen molar-refractivity contribution >= 4 is 5.78 Å². The largest absolute Gasteiger partial charge is 0.395 e. The van der Waals surface area contributed by atoms with E-state index in [0.717, 1.165) is 38.5 Å². The second kappa shape index (κ2) is 8.00. The molecule has 5 aliphatic carbocycles. The molecule has 0 aromatic rings. The van der Waals surface area contributed by atoms with Crippen LogP contribution >= 0.6 is 0 Å². The average Bonchev–Trinajstić information content (AvgIpc) is 3.36. The van der Waals surface area contributed by atoms with Crippen LogP contribution in [0, 0.1) is 50.7 Å². The van der Waals surface area contributed by atoms with Crippen LogP contribution in [0.5, 0.6) is 0 Å². The normalized spacial score (nSPS) is 52.5. The highest BCUT2D eigenvalue weighted by molar-refractivity contribution is 5.86. The number of fused-ring (bicyclic) bond motifs is 2. The lowest BCUT2D eigenvalue weighted by Gasteiger charge is -2.64. The second-order valence-electron chi connectivity index (χ2n) is 15.2. The van der Waals surface area contributed by atoms with Crippen LogP contribution in [-0.2, 0) is 4.79 Å². The summed E-state index contributed by atoms with van der Waals surface area (Å²) in [5.41, 5.74) is -1.96. The van der Waals surface area contributed by atoms with Crippen molar-refractivity contribution in [1.82, 2.24) is 0 Å². The molecule has 0 aromatic carbocycles. The van der Waals surface area contributed by atoms with Crippen LogP contribution in [0.15, 0.2) is 0 Å². The molecule has 5 rings (SSSR count). The Balaban J connectivity index is 1.43. The Labute approximate surface area is 216 Å². The van der Waals surface area contributed by atoms with Gasteiger partial charge in [0.15, 0.2) is 0 Å². The van der Waals surface area contributed by atoms with Crippen LogP contribution in [0.1, 0.15) is 99.3 Å². The molecule has 0 aliphatic heterocycles. The summed E-state index contributed by atoms with van der Waals surface area (Å²) in [6.07, 6.45) is 5.18. The number of hydrogen-bond acceptors (Lipinski definition) is 6. The third-order valence-electron chi connectivity index (χ3n) is 13.4. The van der Waals surface area contributed by atoms with Gasteiger partial charge in [0.05, 0.1) is 29.8 Å². The van der Waals surface area contributed by atoms with Crippen molar-refractivity contribution in [1.29, 1.82) is 0 Å². The van der Waals surface area contributed by atoms with Crippen LogP contribution in [-0.4, -0.2) is 61.8 Å². The quantitative estimate of drug-likeness (QED) is 0.377. The number of rotatable bonds is 6. The molecule has 0 heterocycles. The molecule has 5 aliphatic rings. The van der Waals surface area contributed by atoms with Gasteiger partial charge in [-0.1, -0.05) is 27.7 Å². The predicted molar refractivity (Wildman–Crippen MR) is 137 cm³/mol. The minimum Gasteiger partial charge on any atom is -0.395 e. The number of Topliss-reactive ketones (excluding diaryl/α,β-unsaturated/α-hetero) is 1. The lowest BCUT2D eigenvalue weighted by molar-refractivity contribution is -0.194. The highest BCUT2D eigenvalue weighted by atomic mass is 16.4. The van der Waals surface area contributed by atoms with E-state index in [1.165, 1.54) is 13.8 Å². The van der Waals surface area contributed by atoms with E-state index in [-0.39, 0.29) is 51.8 Å². The van der Waals surface area contributed by atoms with Gasteiger partial charge in [-0.3, -0.25) is 4.79 Å². The van der Waals surface area contributed by atoms with Crippen LogP contribution in [0.3, 0.4) is 0 Å². The van der Waals surface area contributed by atoms with Crippen molar-refractivity contribution in [3.8, 4) is 0 Å². The molecular weight excluding hydrogens is 456 g/mol. The maximum Gasteiger partial charge on any atom is 0.141 e. The van der Waals surface area contributed by atoms with Crippen LogP contribution in [0.25, 0.3) is 0 Å². The minimum atomic E-state index is -1.35. The van der Waals surface area contributed by atoms with Crippen LogP contribution in [0.4, 0.5) is 0 Å². The van der Waals surface area contributed by atoms with Crippen molar-refractivity contribution in [3.05, 3.63) is 0 Å². The van der Waals surface area contributed by atoms with Crippen molar-refractivity contribution in [3.63, 3.8) is 0 Å². The molecule has 0 bridgehead atoms. The van der Waals surface area contributed by atoms with Gasteiger partial charge in [-0.2, -0.15) is 0 Å². The highest BCUT2D eigenvalue weighted by Gasteiger charge is 2.84. The molecule has 0 saturated heterocycles. The van der Waals surface area contributed by atoms with Gasteiger partial charge in [-0.25, -0.2) is 0 Å². The van der Waals surface area contributed by atoms with E-state index < -0.39 is 29.3 Å². The number of carbonyl (C=O) groups excluding carboxylic acids is 1.